The molecule has 0 aliphatic carbocycles. The molecule has 2 heterocycles. The Hall–Kier alpha value is -2.79. The van der Waals surface area contributed by atoms with Gasteiger partial charge in [-0.1, -0.05) is 67.5 Å². The number of nitrogens with two attached hydrogens (primary N) is 2. The van der Waals surface area contributed by atoms with Gasteiger partial charge in [0.1, 0.15) is 5.75 Å². The number of aromatic amines is 2. The molecule has 42 heavy (non-hydrogen) atoms. The minimum absolute atomic E-state index is 0.276. The molecule has 0 saturated carbocycles. The molecule has 1 unspecified atom stereocenters. The summed E-state index contributed by atoms with van der Waals surface area (Å²) in [6.07, 6.45) is 7.90. The summed E-state index contributed by atoms with van der Waals surface area (Å²) < 4.78 is 10.7. The number of hydrogen-bond acceptors (Lipinski definition) is 8. The maximum absolute atomic E-state index is 8.92. The van der Waals surface area contributed by atoms with Crippen molar-refractivity contribution in [2.45, 2.75) is 80.8 Å². The molecular weight excluding hydrogens is 530 g/mol. The van der Waals surface area contributed by atoms with Crippen LogP contribution >= 0.6 is 0 Å². The Morgan fingerprint density at radius 1 is 0.810 bits per heavy atom. The van der Waals surface area contributed by atoms with Crippen LogP contribution in [0.1, 0.15) is 72.3 Å². The molecule has 0 saturated heterocycles. The summed E-state index contributed by atoms with van der Waals surface area (Å²) >= 11 is 0. The van der Waals surface area contributed by atoms with Crippen LogP contribution in [-0.4, -0.2) is 69.5 Å². The number of aromatic nitrogens is 5. The summed E-state index contributed by atoms with van der Waals surface area (Å²) in [5, 5.41) is 19.1. The van der Waals surface area contributed by atoms with Gasteiger partial charge in [0.25, 0.3) is 0 Å². The first-order chi connectivity index (χ1) is 20.0. The molecule has 0 radical (unpaired) electrons. The van der Waals surface area contributed by atoms with Crippen molar-refractivity contribution in [1.29, 1.82) is 0 Å². The summed E-state index contributed by atoms with van der Waals surface area (Å²) in [6.45, 7) is 19.9. The Morgan fingerprint density at radius 3 is 1.90 bits per heavy atom. The fraction of sp³-hybridized carbons (Fsp3) is 0.656. The van der Waals surface area contributed by atoms with Crippen molar-refractivity contribution in [2.24, 2.45) is 35.1 Å². The number of H-pyrrole nitrogens is 2. The number of ether oxygens (including phenoxy) is 2. The van der Waals surface area contributed by atoms with Crippen LogP contribution in [0.3, 0.4) is 0 Å². The number of imidazole rings is 1. The van der Waals surface area contributed by atoms with E-state index in [1.165, 1.54) is 11.3 Å². The molecule has 2 aromatic heterocycles. The molecule has 0 aliphatic heterocycles. The van der Waals surface area contributed by atoms with Crippen LogP contribution in [0.25, 0.3) is 0 Å². The first-order valence-corrected chi connectivity index (χ1v) is 15.2. The normalized spacial score (nSPS) is 11.4. The van der Waals surface area contributed by atoms with E-state index in [0.717, 1.165) is 37.3 Å². The SMILES string of the molecule is CC(C)COCC(O)CN.CC(C)COc1ccc(CCN)cc1.CC(C)Cc1cn[nH]n1.CC(C)Cc1cnc[nH]1. The van der Waals surface area contributed by atoms with Gasteiger partial charge in [0.2, 0.25) is 0 Å². The topological polar surface area (TPSA) is 161 Å². The van der Waals surface area contributed by atoms with Gasteiger partial charge >= 0.3 is 0 Å². The average Bonchev–Trinajstić information content (AvgIpc) is 3.63. The third-order valence-corrected chi connectivity index (χ3v) is 5.24. The van der Waals surface area contributed by atoms with Crippen LogP contribution in [0.4, 0.5) is 0 Å². The van der Waals surface area contributed by atoms with Gasteiger partial charge in [-0.25, -0.2) is 4.98 Å². The second kappa shape index (κ2) is 24.8. The zero-order valence-electron chi connectivity index (χ0n) is 27.3. The number of benzene rings is 1. The fourth-order valence-electron chi connectivity index (χ4n) is 3.27. The first kappa shape index (κ1) is 39.2. The monoisotopic (exact) mass is 589 g/mol. The number of aliphatic hydroxyl groups is 1. The van der Waals surface area contributed by atoms with Gasteiger partial charge in [0, 0.05) is 25.0 Å². The van der Waals surface area contributed by atoms with E-state index < -0.39 is 6.10 Å². The number of rotatable bonds is 14. The van der Waals surface area contributed by atoms with Crippen LogP contribution in [0.15, 0.2) is 43.0 Å². The van der Waals surface area contributed by atoms with Crippen LogP contribution in [0.2, 0.25) is 0 Å². The highest BCUT2D eigenvalue weighted by atomic mass is 16.5. The van der Waals surface area contributed by atoms with Crippen LogP contribution in [-0.2, 0) is 24.0 Å². The van der Waals surface area contributed by atoms with Crippen LogP contribution < -0.4 is 16.2 Å². The van der Waals surface area contributed by atoms with Gasteiger partial charge in [0.15, 0.2) is 0 Å². The lowest BCUT2D eigenvalue weighted by molar-refractivity contribution is 0.0300. The van der Waals surface area contributed by atoms with Gasteiger partial charge in [-0.05, 0) is 67.2 Å². The first-order valence-electron chi connectivity index (χ1n) is 15.2. The highest BCUT2D eigenvalue weighted by Gasteiger charge is 2.01. The number of aliphatic hydroxyl groups excluding tert-OH is 1. The summed E-state index contributed by atoms with van der Waals surface area (Å²) in [4.78, 5) is 6.98. The lowest BCUT2D eigenvalue weighted by Crippen LogP contribution is -2.25. The van der Waals surface area contributed by atoms with Gasteiger partial charge in [-0.15, -0.1) is 0 Å². The van der Waals surface area contributed by atoms with E-state index in [4.69, 9.17) is 26.0 Å². The van der Waals surface area contributed by atoms with Crippen LogP contribution in [0.5, 0.6) is 5.75 Å². The predicted octanol–water partition coefficient (Wildman–Crippen LogP) is 4.81. The third-order valence-electron chi connectivity index (χ3n) is 5.24. The largest absolute Gasteiger partial charge is 0.493 e. The molecule has 0 aliphatic rings. The zero-order chi connectivity index (χ0) is 31.8. The molecule has 0 spiro atoms. The van der Waals surface area contributed by atoms with E-state index in [1.807, 2.05) is 18.3 Å². The van der Waals surface area contributed by atoms with Gasteiger partial charge in [-0.3, -0.25) is 0 Å². The highest BCUT2D eigenvalue weighted by molar-refractivity contribution is 5.27. The van der Waals surface area contributed by atoms with E-state index in [0.29, 0.717) is 43.4 Å². The Bertz CT molecular complexity index is 905. The van der Waals surface area contributed by atoms with Crippen molar-refractivity contribution < 1.29 is 14.6 Å². The molecule has 0 amide bonds. The maximum Gasteiger partial charge on any atom is 0.119 e. The Kier molecular flexibility index (Phi) is 23.1. The van der Waals surface area contributed by atoms with E-state index in [2.05, 4.69) is 92.9 Å². The van der Waals surface area contributed by atoms with E-state index >= 15 is 0 Å². The second-order valence-corrected chi connectivity index (χ2v) is 11.9. The standard InChI is InChI=1S/C12H19NO.C7H12N2.C7H17NO2.C6H11N3/c1-10(2)9-14-12-5-3-11(4-6-12)7-8-13;1-6(2)3-7-4-8-5-9-7;1-6(2)4-10-5-7(9)3-8;1-5(2)3-6-4-7-9-8-6/h3-6,10H,7-9,13H2,1-2H3;4-6H,3H2,1-2H3,(H,8,9);6-7,9H,3-5,8H2,1-2H3;4-5H,3H2,1-2H3,(H,7,8,9). The fourth-order valence-corrected chi connectivity index (χ4v) is 3.27. The minimum atomic E-state index is -0.501. The molecule has 1 atom stereocenters. The highest BCUT2D eigenvalue weighted by Crippen LogP contribution is 2.13. The van der Waals surface area contributed by atoms with E-state index in [-0.39, 0.29) is 6.54 Å². The van der Waals surface area contributed by atoms with Gasteiger partial charge < -0.3 is 31.0 Å². The van der Waals surface area contributed by atoms with Gasteiger partial charge in [-0.2, -0.15) is 15.4 Å². The summed E-state index contributed by atoms with van der Waals surface area (Å²) in [5.74, 6) is 3.41. The van der Waals surface area contributed by atoms with Crippen molar-refractivity contribution in [2.75, 3.05) is 32.9 Å². The summed E-state index contributed by atoms with van der Waals surface area (Å²) in [6, 6.07) is 8.16. The molecule has 10 heteroatoms. The minimum Gasteiger partial charge on any atom is -0.493 e. The van der Waals surface area contributed by atoms with Crippen molar-refractivity contribution >= 4 is 0 Å². The van der Waals surface area contributed by atoms with Gasteiger partial charge in [0.05, 0.1) is 37.5 Å². The number of hydrogen-bond donors (Lipinski definition) is 5. The molecule has 3 aromatic rings. The maximum atomic E-state index is 8.92. The molecule has 0 fully saturated rings. The Balaban J connectivity index is 0.000000544. The molecule has 1 aromatic carbocycles. The molecule has 7 N–H and O–H groups in total. The summed E-state index contributed by atoms with van der Waals surface area (Å²) in [5.41, 5.74) is 14.2. The predicted molar refractivity (Wildman–Crippen MR) is 172 cm³/mol. The molecule has 240 valence electrons. The molecule has 10 nitrogen and oxygen atoms in total. The van der Waals surface area contributed by atoms with Crippen molar-refractivity contribution in [3.63, 3.8) is 0 Å². The lowest BCUT2D eigenvalue weighted by atomic mass is 10.1. The lowest BCUT2D eigenvalue weighted by Gasteiger charge is -2.09. The van der Waals surface area contributed by atoms with Crippen LogP contribution in [0, 0.1) is 23.7 Å². The van der Waals surface area contributed by atoms with Crippen molar-refractivity contribution in [1.82, 2.24) is 25.4 Å². The average molecular weight is 590 g/mol. The van der Waals surface area contributed by atoms with Crippen molar-refractivity contribution in [3.05, 3.63) is 59.9 Å². The van der Waals surface area contributed by atoms with E-state index in [9.17, 15) is 0 Å². The quantitative estimate of drug-likeness (QED) is 0.179. The summed E-state index contributed by atoms with van der Waals surface area (Å²) in [7, 11) is 0. The molecule has 3 rings (SSSR count). The number of nitrogens with one attached hydrogen (secondary N) is 2. The third kappa shape index (κ3) is 23.9. The Morgan fingerprint density at radius 2 is 1.45 bits per heavy atom. The Labute approximate surface area is 254 Å². The number of nitrogens with zero attached hydrogens (tertiary/aromatic N) is 3. The smallest absolute Gasteiger partial charge is 0.119 e. The molecular formula is C32H59N7O3. The zero-order valence-corrected chi connectivity index (χ0v) is 27.3. The molecule has 0 bridgehead atoms. The van der Waals surface area contributed by atoms with Crippen molar-refractivity contribution in [3.8, 4) is 5.75 Å². The second-order valence-electron chi connectivity index (χ2n) is 11.9. The van der Waals surface area contributed by atoms with E-state index in [1.54, 1.807) is 12.5 Å².